The van der Waals surface area contributed by atoms with Gasteiger partial charge in [0.1, 0.15) is 0 Å². The topological polar surface area (TPSA) is 52.6 Å². The molecule has 0 aliphatic heterocycles. The van der Waals surface area contributed by atoms with Crippen LogP contribution in [0.5, 0.6) is 0 Å². The normalized spacial score (nSPS) is 13.0. The highest BCUT2D eigenvalue weighted by Crippen LogP contribution is 2.50. The summed E-state index contributed by atoms with van der Waals surface area (Å²) in [5.74, 6) is -0.336. The van der Waals surface area contributed by atoms with E-state index < -0.39 is 18.9 Å². The van der Waals surface area contributed by atoms with Crippen molar-refractivity contribution in [3.63, 3.8) is 0 Å². The van der Waals surface area contributed by atoms with Crippen LogP contribution < -0.4 is 10.6 Å². The molecule has 1 unspecified atom stereocenters. The summed E-state index contributed by atoms with van der Waals surface area (Å²) in [5.41, 5.74) is -0.0674. The van der Waals surface area contributed by atoms with Crippen LogP contribution in [0.3, 0.4) is 0 Å². The van der Waals surface area contributed by atoms with Gasteiger partial charge in [0.05, 0.1) is 18.3 Å². The summed E-state index contributed by atoms with van der Waals surface area (Å²) in [6.07, 6.45) is -0.419. The Balaban J connectivity index is 1.88. The second kappa shape index (κ2) is 10.3. The van der Waals surface area contributed by atoms with Crippen molar-refractivity contribution >= 4 is 23.9 Å². The molecular weight excluding hydrogens is 419 g/mol. The molecule has 5 heteroatoms. The maximum absolute atomic E-state index is 14.4. The van der Waals surface area contributed by atoms with Crippen molar-refractivity contribution in [1.82, 2.24) is 0 Å². The summed E-state index contributed by atoms with van der Waals surface area (Å²) in [6.45, 7) is 8.18. The Bertz CT molecular complexity index is 1000. The van der Waals surface area contributed by atoms with E-state index in [9.17, 15) is 9.36 Å². The van der Waals surface area contributed by atoms with Crippen molar-refractivity contribution in [2.24, 2.45) is 11.3 Å². The molecule has 0 N–H and O–H groups in total. The van der Waals surface area contributed by atoms with Crippen LogP contribution in [0.4, 0.5) is 0 Å². The molecule has 0 radical (unpaired) electrons. The van der Waals surface area contributed by atoms with E-state index in [1.54, 1.807) is 24.3 Å². The van der Waals surface area contributed by atoms with E-state index in [0.717, 1.165) is 0 Å². The van der Waals surface area contributed by atoms with Gasteiger partial charge < -0.3 is 9.26 Å². The molecule has 0 bridgehead atoms. The van der Waals surface area contributed by atoms with Crippen molar-refractivity contribution in [3.05, 3.63) is 96.6 Å². The van der Waals surface area contributed by atoms with Crippen molar-refractivity contribution in [1.29, 1.82) is 0 Å². The Morgan fingerprint density at radius 1 is 0.812 bits per heavy atom. The Labute approximate surface area is 191 Å². The standard InChI is InChI=1S/C27H31O4P/c1-21(2)25(27(3,4)20-30-26(28)22-14-8-5-9-15-22)31-32(29,23-16-10-6-11-17-23)24-18-12-7-13-19-24/h5-19,21,25H,20H2,1-4H3. The van der Waals surface area contributed by atoms with Crippen molar-refractivity contribution in [3.8, 4) is 0 Å². The van der Waals surface area contributed by atoms with E-state index in [2.05, 4.69) is 0 Å². The average molecular weight is 451 g/mol. The van der Waals surface area contributed by atoms with Crippen LogP contribution in [-0.4, -0.2) is 18.7 Å². The molecule has 0 saturated heterocycles. The van der Waals surface area contributed by atoms with Crippen LogP contribution in [0.15, 0.2) is 91.0 Å². The molecule has 32 heavy (non-hydrogen) atoms. The number of carbonyl (C=O) groups excluding carboxylic acids is 1. The molecule has 0 aliphatic rings. The average Bonchev–Trinajstić information content (AvgIpc) is 2.82. The SMILES string of the molecule is CC(C)C(OP(=O)(c1ccccc1)c1ccccc1)C(C)(C)COC(=O)c1ccccc1. The molecule has 0 aromatic heterocycles. The fourth-order valence-electron chi connectivity index (χ4n) is 3.84. The summed E-state index contributed by atoms with van der Waals surface area (Å²) in [7, 11) is -3.38. The van der Waals surface area contributed by atoms with E-state index in [4.69, 9.17) is 9.26 Å². The molecule has 0 amide bonds. The molecule has 0 fully saturated rings. The van der Waals surface area contributed by atoms with E-state index in [0.29, 0.717) is 16.2 Å². The van der Waals surface area contributed by atoms with Crippen LogP contribution in [0.1, 0.15) is 38.1 Å². The van der Waals surface area contributed by atoms with Crippen LogP contribution in [0.2, 0.25) is 0 Å². The lowest BCUT2D eigenvalue weighted by molar-refractivity contribution is -0.0172. The predicted molar refractivity (Wildman–Crippen MR) is 130 cm³/mol. The van der Waals surface area contributed by atoms with Crippen molar-refractivity contribution < 1.29 is 18.6 Å². The maximum Gasteiger partial charge on any atom is 0.338 e. The maximum atomic E-state index is 14.4. The molecule has 0 aliphatic carbocycles. The monoisotopic (exact) mass is 450 g/mol. The van der Waals surface area contributed by atoms with Gasteiger partial charge in [-0.25, -0.2) is 4.79 Å². The summed E-state index contributed by atoms with van der Waals surface area (Å²) in [4.78, 5) is 12.5. The highest BCUT2D eigenvalue weighted by molar-refractivity contribution is 7.74. The number of carbonyl (C=O) groups is 1. The first-order chi connectivity index (χ1) is 15.2. The van der Waals surface area contributed by atoms with Gasteiger partial charge >= 0.3 is 5.97 Å². The van der Waals surface area contributed by atoms with Gasteiger partial charge in [-0.3, -0.25) is 4.57 Å². The molecule has 0 spiro atoms. The van der Waals surface area contributed by atoms with Gasteiger partial charge in [0.25, 0.3) is 7.37 Å². The molecule has 0 heterocycles. The first kappa shape index (κ1) is 24.0. The van der Waals surface area contributed by atoms with E-state index >= 15 is 0 Å². The Kier molecular flexibility index (Phi) is 7.71. The Morgan fingerprint density at radius 3 is 1.69 bits per heavy atom. The lowest BCUT2D eigenvalue weighted by atomic mass is 9.81. The number of rotatable bonds is 9. The first-order valence-electron chi connectivity index (χ1n) is 10.9. The third kappa shape index (κ3) is 5.56. The van der Waals surface area contributed by atoms with Gasteiger partial charge in [-0.1, -0.05) is 82.3 Å². The zero-order chi connectivity index (χ0) is 23.2. The fourth-order valence-corrected chi connectivity index (χ4v) is 6.36. The van der Waals surface area contributed by atoms with Gasteiger partial charge in [-0.2, -0.15) is 0 Å². The summed E-state index contributed by atoms with van der Waals surface area (Å²) >= 11 is 0. The van der Waals surface area contributed by atoms with E-state index in [1.165, 1.54) is 0 Å². The summed E-state index contributed by atoms with van der Waals surface area (Å²) < 4.78 is 26.6. The quantitative estimate of drug-likeness (QED) is 0.304. The zero-order valence-corrected chi connectivity index (χ0v) is 20.0. The predicted octanol–water partition coefficient (Wildman–Crippen LogP) is 5.84. The minimum absolute atomic E-state index is 0.0428. The van der Waals surface area contributed by atoms with Gasteiger partial charge in [0, 0.05) is 16.0 Å². The van der Waals surface area contributed by atoms with Gasteiger partial charge in [-0.15, -0.1) is 0 Å². The number of esters is 1. The Hall–Kier alpha value is -2.68. The van der Waals surface area contributed by atoms with Gasteiger partial charge in [0.15, 0.2) is 0 Å². The largest absolute Gasteiger partial charge is 0.461 e. The van der Waals surface area contributed by atoms with E-state index in [1.807, 2.05) is 94.4 Å². The second-order valence-electron chi connectivity index (χ2n) is 8.92. The number of hydrogen-bond donors (Lipinski definition) is 0. The van der Waals surface area contributed by atoms with Crippen molar-refractivity contribution in [2.75, 3.05) is 6.61 Å². The molecular formula is C27H31O4P. The smallest absolute Gasteiger partial charge is 0.338 e. The number of benzene rings is 3. The first-order valence-corrected chi connectivity index (χ1v) is 12.5. The Morgan fingerprint density at radius 2 is 1.25 bits per heavy atom. The molecule has 1 atom stereocenters. The number of ether oxygens (including phenoxy) is 1. The van der Waals surface area contributed by atoms with Crippen LogP contribution in [0.25, 0.3) is 0 Å². The minimum Gasteiger partial charge on any atom is -0.461 e. The van der Waals surface area contributed by atoms with Crippen LogP contribution in [-0.2, 0) is 13.8 Å². The molecule has 0 saturated carbocycles. The third-order valence-electron chi connectivity index (χ3n) is 5.41. The van der Waals surface area contributed by atoms with Gasteiger partial charge in [0.2, 0.25) is 0 Å². The highest BCUT2D eigenvalue weighted by atomic mass is 31.2. The van der Waals surface area contributed by atoms with E-state index in [-0.39, 0.29) is 18.5 Å². The summed E-state index contributed by atoms with van der Waals surface area (Å²) in [6, 6.07) is 27.5. The summed E-state index contributed by atoms with van der Waals surface area (Å²) in [5, 5.41) is 1.29. The van der Waals surface area contributed by atoms with Crippen molar-refractivity contribution in [2.45, 2.75) is 33.8 Å². The third-order valence-corrected chi connectivity index (χ3v) is 7.89. The second-order valence-corrected chi connectivity index (χ2v) is 11.3. The lowest BCUT2D eigenvalue weighted by Gasteiger charge is -2.38. The van der Waals surface area contributed by atoms with Crippen LogP contribution >= 0.6 is 7.37 Å². The number of hydrogen-bond acceptors (Lipinski definition) is 4. The molecule has 3 aromatic carbocycles. The molecule has 3 aromatic rings. The zero-order valence-electron chi connectivity index (χ0n) is 19.1. The molecule has 4 nitrogen and oxygen atoms in total. The highest BCUT2D eigenvalue weighted by Gasteiger charge is 2.41. The minimum atomic E-state index is -3.38. The molecule has 3 rings (SSSR count). The molecule has 168 valence electrons. The van der Waals surface area contributed by atoms with Crippen LogP contribution in [0, 0.1) is 11.3 Å². The lowest BCUT2D eigenvalue weighted by Crippen LogP contribution is -2.41. The fraction of sp³-hybridized carbons (Fsp3) is 0.296. The van der Waals surface area contributed by atoms with Gasteiger partial charge in [-0.05, 0) is 42.3 Å².